The number of sulfonamides is 1. The number of benzene rings is 1. The summed E-state index contributed by atoms with van der Waals surface area (Å²) < 4.78 is 33.1. The van der Waals surface area contributed by atoms with Crippen LogP contribution in [-0.4, -0.2) is 53.7 Å². The lowest BCUT2D eigenvalue weighted by molar-refractivity contribution is -0.131. The Kier molecular flexibility index (Phi) is 6.29. The standard InChI is InChI=1S/C21H24N4O4S/c1-5-12-25(15-16-7-6-13-29-16)21(26)11-10-20-22-18-14-17(30(27,28)23(2)3)8-9-19(18)24(20)4/h1,6-9,13-14H,10-12,15H2,2-4H3. The Morgan fingerprint density at radius 3 is 2.70 bits per heavy atom. The van der Waals surface area contributed by atoms with Gasteiger partial charge in [-0.3, -0.25) is 4.79 Å². The minimum absolute atomic E-state index is 0.104. The van der Waals surface area contributed by atoms with Gasteiger partial charge >= 0.3 is 0 Å². The van der Waals surface area contributed by atoms with Crippen molar-refractivity contribution >= 4 is 27.0 Å². The summed E-state index contributed by atoms with van der Waals surface area (Å²) in [7, 11) is 1.27. The first kappa shape index (κ1) is 21.6. The number of imidazole rings is 1. The molecule has 0 aliphatic carbocycles. The molecule has 0 spiro atoms. The first-order valence-electron chi connectivity index (χ1n) is 9.35. The number of furan rings is 1. The summed E-state index contributed by atoms with van der Waals surface area (Å²) >= 11 is 0. The van der Waals surface area contributed by atoms with Crippen LogP contribution in [-0.2, 0) is 34.8 Å². The predicted molar refractivity (Wildman–Crippen MR) is 113 cm³/mol. The Hall–Kier alpha value is -3.09. The third-order valence-electron chi connectivity index (χ3n) is 4.85. The van der Waals surface area contributed by atoms with E-state index in [0.717, 1.165) is 9.82 Å². The van der Waals surface area contributed by atoms with E-state index in [-0.39, 0.29) is 23.8 Å². The van der Waals surface area contributed by atoms with Crippen molar-refractivity contribution in [2.45, 2.75) is 24.3 Å². The summed E-state index contributed by atoms with van der Waals surface area (Å²) in [5.74, 6) is 3.75. The summed E-state index contributed by atoms with van der Waals surface area (Å²) in [6, 6.07) is 8.40. The number of carbonyl (C=O) groups excluding carboxylic acids is 1. The van der Waals surface area contributed by atoms with Crippen LogP contribution in [0.4, 0.5) is 0 Å². The molecule has 0 radical (unpaired) electrons. The number of aryl methyl sites for hydroxylation is 2. The van der Waals surface area contributed by atoms with Gasteiger partial charge in [-0.1, -0.05) is 5.92 Å². The zero-order valence-corrected chi connectivity index (χ0v) is 18.0. The predicted octanol–water partition coefficient (Wildman–Crippen LogP) is 2.01. The fraction of sp³-hybridized carbons (Fsp3) is 0.333. The van der Waals surface area contributed by atoms with Gasteiger partial charge in [-0.05, 0) is 30.3 Å². The normalized spacial score (nSPS) is 11.7. The van der Waals surface area contributed by atoms with Crippen molar-refractivity contribution < 1.29 is 17.6 Å². The maximum Gasteiger partial charge on any atom is 0.242 e. The van der Waals surface area contributed by atoms with E-state index < -0.39 is 10.0 Å². The van der Waals surface area contributed by atoms with Crippen LogP contribution in [0.15, 0.2) is 45.9 Å². The second-order valence-electron chi connectivity index (χ2n) is 7.06. The topological polar surface area (TPSA) is 88.7 Å². The summed E-state index contributed by atoms with van der Waals surface area (Å²) in [5, 5.41) is 0. The second-order valence-corrected chi connectivity index (χ2v) is 9.21. The molecule has 30 heavy (non-hydrogen) atoms. The molecule has 1 aromatic carbocycles. The molecule has 0 saturated carbocycles. The Balaban J connectivity index is 1.77. The van der Waals surface area contributed by atoms with Crippen molar-refractivity contribution in [3.05, 3.63) is 48.2 Å². The van der Waals surface area contributed by atoms with Crippen molar-refractivity contribution in [3.8, 4) is 12.3 Å². The van der Waals surface area contributed by atoms with E-state index in [1.165, 1.54) is 14.1 Å². The average molecular weight is 429 g/mol. The number of terminal acetylenes is 1. The maximum atomic E-state index is 12.7. The van der Waals surface area contributed by atoms with Crippen LogP contribution >= 0.6 is 0 Å². The highest BCUT2D eigenvalue weighted by Crippen LogP contribution is 2.22. The monoisotopic (exact) mass is 428 g/mol. The van der Waals surface area contributed by atoms with Crippen molar-refractivity contribution in [2.24, 2.45) is 7.05 Å². The summed E-state index contributed by atoms with van der Waals surface area (Å²) in [5.41, 5.74) is 1.37. The third kappa shape index (κ3) is 4.40. The molecule has 2 heterocycles. The summed E-state index contributed by atoms with van der Waals surface area (Å²) in [6.07, 6.45) is 7.59. The van der Waals surface area contributed by atoms with E-state index in [2.05, 4.69) is 10.9 Å². The fourth-order valence-electron chi connectivity index (χ4n) is 3.13. The summed E-state index contributed by atoms with van der Waals surface area (Å²) in [4.78, 5) is 19.0. The van der Waals surface area contributed by atoms with Gasteiger partial charge in [0.15, 0.2) is 0 Å². The van der Waals surface area contributed by atoms with E-state index in [1.807, 2.05) is 11.6 Å². The number of nitrogens with zero attached hydrogens (tertiary/aromatic N) is 4. The molecule has 0 bridgehead atoms. The third-order valence-corrected chi connectivity index (χ3v) is 6.66. The molecule has 158 valence electrons. The number of aromatic nitrogens is 2. The molecule has 0 unspecified atom stereocenters. The molecule has 8 nitrogen and oxygen atoms in total. The summed E-state index contributed by atoms with van der Waals surface area (Å²) in [6.45, 7) is 0.498. The van der Waals surface area contributed by atoms with E-state index in [1.54, 1.807) is 41.5 Å². The van der Waals surface area contributed by atoms with Gasteiger partial charge in [-0.15, -0.1) is 6.42 Å². The molecule has 0 N–H and O–H groups in total. The quantitative estimate of drug-likeness (QED) is 0.512. The molecular weight excluding hydrogens is 404 g/mol. The van der Waals surface area contributed by atoms with Crippen LogP contribution < -0.4 is 0 Å². The van der Waals surface area contributed by atoms with Crippen molar-refractivity contribution in [1.29, 1.82) is 0 Å². The average Bonchev–Trinajstić information content (AvgIpc) is 3.33. The number of hydrogen-bond donors (Lipinski definition) is 0. The largest absolute Gasteiger partial charge is 0.467 e. The molecule has 0 fully saturated rings. The minimum atomic E-state index is -3.54. The molecule has 2 aromatic heterocycles. The lowest BCUT2D eigenvalue weighted by Crippen LogP contribution is -2.31. The van der Waals surface area contributed by atoms with Crippen molar-refractivity contribution in [1.82, 2.24) is 18.8 Å². The van der Waals surface area contributed by atoms with Crippen LogP contribution in [0.3, 0.4) is 0 Å². The van der Waals surface area contributed by atoms with Gasteiger partial charge in [0.05, 0.1) is 35.3 Å². The van der Waals surface area contributed by atoms with E-state index in [0.29, 0.717) is 30.1 Å². The Morgan fingerprint density at radius 2 is 2.07 bits per heavy atom. The van der Waals surface area contributed by atoms with Crippen LogP contribution in [0.2, 0.25) is 0 Å². The van der Waals surface area contributed by atoms with E-state index in [4.69, 9.17) is 10.8 Å². The molecule has 0 atom stereocenters. The smallest absolute Gasteiger partial charge is 0.242 e. The van der Waals surface area contributed by atoms with Gasteiger partial charge in [-0.25, -0.2) is 17.7 Å². The number of rotatable bonds is 8. The van der Waals surface area contributed by atoms with E-state index >= 15 is 0 Å². The Bertz CT molecular complexity index is 1190. The second kappa shape index (κ2) is 8.73. The van der Waals surface area contributed by atoms with Crippen LogP contribution in [0.5, 0.6) is 0 Å². The van der Waals surface area contributed by atoms with Crippen molar-refractivity contribution in [2.75, 3.05) is 20.6 Å². The fourth-order valence-corrected chi connectivity index (χ4v) is 4.06. The van der Waals surface area contributed by atoms with Crippen LogP contribution in [0, 0.1) is 12.3 Å². The highest BCUT2D eigenvalue weighted by atomic mass is 32.2. The van der Waals surface area contributed by atoms with Crippen molar-refractivity contribution in [3.63, 3.8) is 0 Å². The SMILES string of the molecule is C#CCN(Cc1ccco1)C(=O)CCc1nc2cc(S(=O)(=O)N(C)C)ccc2n1C. The van der Waals surface area contributed by atoms with Gasteiger partial charge in [0, 0.05) is 34.0 Å². The first-order chi connectivity index (χ1) is 14.2. The lowest BCUT2D eigenvalue weighted by atomic mass is 10.2. The van der Waals surface area contributed by atoms with Gasteiger partial charge in [0.1, 0.15) is 11.6 Å². The highest BCUT2D eigenvalue weighted by Gasteiger charge is 2.20. The first-order valence-corrected chi connectivity index (χ1v) is 10.8. The van der Waals surface area contributed by atoms with Crippen LogP contribution in [0.25, 0.3) is 11.0 Å². The lowest BCUT2D eigenvalue weighted by Gasteiger charge is -2.19. The molecule has 0 saturated heterocycles. The number of carbonyl (C=O) groups is 1. The van der Waals surface area contributed by atoms with Gasteiger partial charge in [-0.2, -0.15) is 0 Å². The minimum Gasteiger partial charge on any atom is -0.467 e. The molecule has 0 aliphatic rings. The number of amides is 1. The molecule has 3 rings (SSSR count). The zero-order chi connectivity index (χ0) is 21.9. The molecule has 9 heteroatoms. The van der Waals surface area contributed by atoms with Gasteiger partial charge in [0.2, 0.25) is 15.9 Å². The number of fused-ring (bicyclic) bond motifs is 1. The zero-order valence-electron chi connectivity index (χ0n) is 17.2. The highest BCUT2D eigenvalue weighted by molar-refractivity contribution is 7.89. The van der Waals surface area contributed by atoms with Gasteiger partial charge in [0.25, 0.3) is 0 Å². The van der Waals surface area contributed by atoms with E-state index in [9.17, 15) is 13.2 Å². The molecule has 1 amide bonds. The molecule has 0 aliphatic heterocycles. The maximum absolute atomic E-state index is 12.7. The molecule has 3 aromatic rings. The van der Waals surface area contributed by atoms with Crippen LogP contribution in [0.1, 0.15) is 18.0 Å². The Labute approximate surface area is 176 Å². The Morgan fingerprint density at radius 1 is 1.30 bits per heavy atom. The van der Waals surface area contributed by atoms with Gasteiger partial charge < -0.3 is 13.9 Å². The number of hydrogen-bond acceptors (Lipinski definition) is 5. The molecular formula is C21H24N4O4S.